The minimum Gasteiger partial charge on any atom is -0.303 e. The molecule has 0 spiro atoms. The topological polar surface area (TPSA) is 66.8 Å². The molecule has 0 aliphatic rings. The lowest BCUT2D eigenvalue weighted by Gasteiger charge is -2.22. The monoisotopic (exact) mass is 286 g/mol. The Morgan fingerprint density at radius 1 is 1.16 bits per heavy atom. The highest BCUT2D eigenvalue weighted by molar-refractivity contribution is 7.46. The predicted octanol–water partition coefficient (Wildman–Crippen LogP) is 3.42. The molecule has 108 valence electrons. The van der Waals surface area contributed by atoms with Crippen LogP contribution in [0.1, 0.15) is 44.7 Å². The van der Waals surface area contributed by atoms with Crippen molar-refractivity contribution >= 4 is 7.82 Å². The van der Waals surface area contributed by atoms with E-state index in [9.17, 15) is 4.57 Å². The average molecular weight is 286 g/mol. The maximum Gasteiger partial charge on any atom is 0.469 e. The third-order valence-electron chi connectivity index (χ3n) is 2.93. The van der Waals surface area contributed by atoms with E-state index in [4.69, 9.17) is 9.79 Å². The molecule has 1 aromatic carbocycles. The Kier molecular flexibility index (Phi) is 5.75. The van der Waals surface area contributed by atoms with Gasteiger partial charge in [-0.3, -0.25) is 4.52 Å². The van der Waals surface area contributed by atoms with Crippen LogP contribution in [0.4, 0.5) is 0 Å². The maximum atomic E-state index is 10.5. The molecule has 0 unspecified atom stereocenters. The Morgan fingerprint density at radius 3 is 2.37 bits per heavy atom. The molecule has 0 bridgehead atoms. The van der Waals surface area contributed by atoms with Crippen molar-refractivity contribution in [1.29, 1.82) is 0 Å². The minimum atomic E-state index is -4.31. The molecule has 0 fully saturated rings. The molecule has 1 aromatic rings. The van der Waals surface area contributed by atoms with Crippen LogP contribution in [-0.2, 0) is 20.9 Å². The largest absolute Gasteiger partial charge is 0.469 e. The first-order valence-electron chi connectivity index (χ1n) is 6.48. The van der Waals surface area contributed by atoms with Gasteiger partial charge in [0.25, 0.3) is 0 Å². The van der Waals surface area contributed by atoms with Crippen molar-refractivity contribution in [2.45, 2.75) is 45.4 Å². The van der Waals surface area contributed by atoms with Crippen LogP contribution in [0.25, 0.3) is 0 Å². The van der Waals surface area contributed by atoms with E-state index < -0.39 is 7.82 Å². The summed E-state index contributed by atoms with van der Waals surface area (Å²) in [5.74, 6) is 0. The summed E-state index contributed by atoms with van der Waals surface area (Å²) in [5, 5.41) is 0. The number of benzene rings is 1. The van der Waals surface area contributed by atoms with Gasteiger partial charge in [-0.15, -0.1) is 0 Å². The molecule has 0 aliphatic heterocycles. The summed E-state index contributed by atoms with van der Waals surface area (Å²) in [6, 6.07) is 8.32. The van der Waals surface area contributed by atoms with Crippen molar-refractivity contribution in [3.8, 4) is 0 Å². The maximum absolute atomic E-state index is 10.5. The molecule has 0 saturated carbocycles. The highest BCUT2D eigenvalue weighted by atomic mass is 31.2. The Hall–Kier alpha value is -0.670. The predicted molar refractivity (Wildman–Crippen MR) is 76.1 cm³/mol. The Labute approximate surface area is 115 Å². The number of phosphoric acid groups is 1. The molecule has 0 saturated heterocycles. The van der Waals surface area contributed by atoms with E-state index >= 15 is 0 Å². The van der Waals surface area contributed by atoms with Crippen molar-refractivity contribution in [2.24, 2.45) is 0 Å². The molecular weight excluding hydrogens is 263 g/mol. The van der Waals surface area contributed by atoms with E-state index in [1.165, 1.54) is 11.1 Å². The van der Waals surface area contributed by atoms with Crippen LogP contribution in [-0.4, -0.2) is 16.4 Å². The van der Waals surface area contributed by atoms with Crippen molar-refractivity contribution in [1.82, 2.24) is 0 Å². The highest BCUT2D eigenvalue weighted by Crippen LogP contribution is 2.35. The Bertz CT molecular complexity index is 445. The van der Waals surface area contributed by atoms with E-state index in [1.54, 1.807) is 0 Å². The smallest absolute Gasteiger partial charge is 0.303 e. The van der Waals surface area contributed by atoms with Crippen molar-refractivity contribution in [2.75, 3.05) is 6.61 Å². The first kappa shape index (κ1) is 16.4. The molecule has 19 heavy (non-hydrogen) atoms. The second kappa shape index (κ2) is 6.67. The zero-order chi connectivity index (χ0) is 14.5. The summed E-state index contributed by atoms with van der Waals surface area (Å²) < 4.78 is 15.0. The number of phosphoric ester groups is 1. The molecule has 0 aromatic heterocycles. The molecule has 2 N–H and O–H groups in total. The molecule has 0 atom stereocenters. The summed E-state index contributed by atoms with van der Waals surface area (Å²) in [4.78, 5) is 17.1. The van der Waals surface area contributed by atoms with Gasteiger partial charge in [0.2, 0.25) is 0 Å². The third-order valence-corrected chi connectivity index (χ3v) is 3.44. The first-order valence-corrected chi connectivity index (χ1v) is 8.02. The average Bonchev–Trinajstić information content (AvgIpc) is 2.26. The van der Waals surface area contributed by atoms with Gasteiger partial charge >= 0.3 is 7.82 Å². The standard InChI is InChI=1S/C14H23O4P/c1-14(2,3)13-10-5-4-8-12(13)9-6-7-11-18-19(15,16)17/h4-5,8,10H,6-7,9,11H2,1-3H3,(H2,15,16,17). The Morgan fingerprint density at radius 2 is 1.79 bits per heavy atom. The van der Waals surface area contributed by atoms with Gasteiger partial charge in [-0.1, -0.05) is 45.0 Å². The molecule has 0 aliphatic carbocycles. The van der Waals surface area contributed by atoms with Gasteiger partial charge in [0.1, 0.15) is 0 Å². The second-order valence-electron chi connectivity index (χ2n) is 5.69. The lowest BCUT2D eigenvalue weighted by atomic mass is 9.82. The zero-order valence-electron chi connectivity index (χ0n) is 11.8. The van der Waals surface area contributed by atoms with E-state index in [0.717, 1.165) is 12.8 Å². The summed E-state index contributed by atoms with van der Waals surface area (Å²) in [6.45, 7) is 6.65. The molecule has 0 heterocycles. The van der Waals surface area contributed by atoms with E-state index in [1.807, 2.05) is 12.1 Å². The SMILES string of the molecule is CC(C)(C)c1ccccc1CCCCOP(=O)(O)O. The number of unbranched alkanes of at least 4 members (excludes halogenated alkanes) is 1. The molecule has 1 rings (SSSR count). The molecular formula is C14H23O4P. The first-order chi connectivity index (χ1) is 8.70. The number of rotatable bonds is 6. The summed E-state index contributed by atoms with van der Waals surface area (Å²) >= 11 is 0. The van der Waals surface area contributed by atoms with Gasteiger partial charge in [0.15, 0.2) is 0 Å². The van der Waals surface area contributed by atoms with Gasteiger partial charge in [0, 0.05) is 0 Å². The summed E-state index contributed by atoms with van der Waals surface area (Å²) in [7, 11) is -4.31. The number of hydrogen-bond donors (Lipinski definition) is 2. The molecule has 5 heteroatoms. The van der Waals surface area contributed by atoms with Crippen LogP contribution in [0, 0.1) is 0 Å². The van der Waals surface area contributed by atoms with Crippen LogP contribution in [0.5, 0.6) is 0 Å². The third kappa shape index (κ3) is 6.35. The highest BCUT2D eigenvalue weighted by Gasteiger charge is 2.17. The van der Waals surface area contributed by atoms with Gasteiger partial charge in [-0.05, 0) is 35.8 Å². The van der Waals surface area contributed by atoms with Crippen LogP contribution >= 0.6 is 7.82 Å². The van der Waals surface area contributed by atoms with Crippen molar-refractivity contribution in [3.63, 3.8) is 0 Å². The van der Waals surface area contributed by atoms with Crippen LogP contribution in [0.3, 0.4) is 0 Å². The van der Waals surface area contributed by atoms with E-state index in [-0.39, 0.29) is 12.0 Å². The van der Waals surface area contributed by atoms with Crippen molar-refractivity contribution < 1.29 is 18.9 Å². The van der Waals surface area contributed by atoms with E-state index in [0.29, 0.717) is 6.42 Å². The van der Waals surface area contributed by atoms with Gasteiger partial charge in [0.05, 0.1) is 6.61 Å². The van der Waals surface area contributed by atoms with Crippen LogP contribution < -0.4 is 0 Å². The zero-order valence-corrected chi connectivity index (χ0v) is 12.7. The second-order valence-corrected chi connectivity index (χ2v) is 6.93. The number of hydrogen-bond acceptors (Lipinski definition) is 2. The fraction of sp³-hybridized carbons (Fsp3) is 0.571. The van der Waals surface area contributed by atoms with Gasteiger partial charge < -0.3 is 9.79 Å². The number of aryl methyl sites for hydroxylation is 1. The molecule has 0 radical (unpaired) electrons. The van der Waals surface area contributed by atoms with Crippen LogP contribution in [0.15, 0.2) is 24.3 Å². The molecule has 0 amide bonds. The summed E-state index contributed by atoms with van der Waals surface area (Å²) in [5.41, 5.74) is 2.73. The fourth-order valence-corrected chi connectivity index (χ4v) is 2.44. The summed E-state index contributed by atoms with van der Waals surface area (Å²) in [6.07, 6.45) is 2.40. The fourth-order valence-electron chi connectivity index (χ4n) is 2.07. The lowest BCUT2D eigenvalue weighted by Crippen LogP contribution is -2.14. The van der Waals surface area contributed by atoms with E-state index in [2.05, 4.69) is 37.4 Å². The van der Waals surface area contributed by atoms with Crippen LogP contribution in [0.2, 0.25) is 0 Å². The normalized spacial score (nSPS) is 12.7. The molecule has 4 nitrogen and oxygen atoms in total. The minimum absolute atomic E-state index is 0.0992. The van der Waals surface area contributed by atoms with Gasteiger partial charge in [-0.25, -0.2) is 4.57 Å². The quantitative estimate of drug-likeness (QED) is 0.621. The van der Waals surface area contributed by atoms with Crippen molar-refractivity contribution in [3.05, 3.63) is 35.4 Å². The van der Waals surface area contributed by atoms with Gasteiger partial charge in [-0.2, -0.15) is 0 Å². The lowest BCUT2D eigenvalue weighted by molar-refractivity contribution is 0.194. The Balaban J connectivity index is 2.48.